The Balaban J connectivity index is 1.78. The number of nitrogens with one attached hydrogen (secondary N) is 1. The zero-order valence-corrected chi connectivity index (χ0v) is 30.0. The number of ketones is 3. The average Bonchev–Trinajstić information content (AvgIpc) is 3.04. The predicted molar refractivity (Wildman–Crippen MR) is 174 cm³/mol. The summed E-state index contributed by atoms with van der Waals surface area (Å²) in [5, 5.41) is 12.5. The molecule has 2 aromatic carbocycles. The molecule has 0 spiro atoms. The van der Waals surface area contributed by atoms with E-state index < -0.39 is 143 Å². The zero-order chi connectivity index (χ0) is 40.9. The van der Waals surface area contributed by atoms with Crippen molar-refractivity contribution in [1.82, 2.24) is 5.32 Å². The molecule has 0 saturated carbocycles. The molecule has 1 saturated heterocycles. The van der Waals surface area contributed by atoms with E-state index in [-0.39, 0.29) is 16.7 Å². The second kappa shape index (κ2) is 14.9. The van der Waals surface area contributed by atoms with E-state index >= 15 is 0 Å². The maximum atomic E-state index is 14.3. The first-order valence-corrected chi connectivity index (χ1v) is 16.6. The van der Waals surface area contributed by atoms with Gasteiger partial charge >= 0.3 is 36.0 Å². The molecule has 55 heavy (non-hydrogen) atoms. The topological polar surface area (TPSA) is 224 Å². The summed E-state index contributed by atoms with van der Waals surface area (Å²) in [6.45, 7) is 6.24. The van der Waals surface area contributed by atoms with Crippen molar-refractivity contribution in [3.8, 4) is 17.2 Å². The number of aromatic hydroxyl groups is 1. The minimum atomic E-state index is -5.35. The molecule has 294 valence electrons. The van der Waals surface area contributed by atoms with Crippen molar-refractivity contribution in [3.63, 3.8) is 0 Å². The van der Waals surface area contributed by atoms with Gasteiger partial charge in [-0.1, -0.05) is 12.1 Å². The zero-order valence-electron chi connectivity index (χ0n) is 30.0. The van der Waals surface area contributed by atoms with Crippen LogP contribution in [0, 0.1) is 0 Å². The molecule has 2 aliphatic carbocycles. The molecule has 16 nitrogen and oxygen atoms in total. The first-order valence-electron chi connectivity index (χ1n) is 16.6. The molecular formula is C36H34F3NO15. The predicted octanol–water partition coefficient (Wildman–Crippen LogP) is 3.03. The quantitative estimate of drug-likeness (QED) is 0.248. The summed E-state index contributed by atoms with van der Waals surface area (Å²) in [4.78, 5) is 104. The molecule has 6 atom stereocenters. The Kier molecular flexibility index (Phi) is 10.9. The number of Topliss-reactive ketones (excluding diaryl/α,β-unsaturated/α-hetero) is 1. The molecule has 1 heterocycles. The second-order valence-corrected chi connectivity index (χ2v) is 13.2. The van der Waals surface area contributed by atoms with Gasteiger partial charge in [0, 0.05) is 63.6 Å². The van der Waals surface area contributed by atoms with Crippen LogP contribution in [-0.2, 0) is 54.1 Å². The summed E-state index contributed by atoms with van der Waals surface area (Å²) in [5.41, 5.74) is -4.78. The van der Waals surface area contributed by atoms with Crippen LogP contribution < -0.4 is 14.8 Å². The van der Waals surface area contributed by atoms with E-state index in [1.807, 2.05) is 0 Å². The lowest BCUT2D eigenvalue weighted by molar-refractivity contribution is -0.255. The number of halogens is 3. The third-order valence-corrected chi connectivity index (χ3v) is 9.15. The number of ether oxygens (including phenoxy) is 6. The largest absolute Gasteiger partial charge is 0.507 e. The number of phenolic OH excluding ortho intramolecular Hbond substituents is 1. The van der Waals surface area contributed by atoms with Gasteiger partial charge in [-0.25, -0.2) is 0 Å². The minimum absolute atomic E-state index is 0.272. The fourth-order valence-corrected chi connectivity index (χ4v) is 7.10. The number of phenols is 1. The van der Waals surface area contributed by atoms with Gasteiger partial charge in [0.1, 0.15) is 23.4 Å². The van der Waals surface area contributed by atoms with E-state index in [0.29, 0.717) is 0 Å². The van der Waals surface area contributed by atoms with E-state index in [1.54, 1.807) is 5.32 Å². The van der Waals surface area contributed by atoms with E-state index in [2.05, 4.69) is 0 Å². The minimum Gasteiger partial charge on any atom is -0.507 e. The maximum Gasteiger partial charge on any atom is 0.471 e. The Morgan fingerprint density at radius 1 is 0.873 bits per heavy atom. The van der Waals surface area contributed by atoms with Gasteiger partial charge in [0.25, 0.3) is 0 Å². The van der Waals surface area contributed by atoms with Crippen LogP contribution in [0.5, 0.6) is 17.2 Å². The van der Waals surface area contributed by atoms with Gasteiger partial charge in [0.15, 0.2) is 23.5 Å². The highest BCUT2D eigenvalue weighted by Gasteiger charge is 2.54. The van der Waals surface area contributed by atoms with Crippen molar-refractivity contribution in [3.05, 3.63) is 51.6 Å². The lowest BCUT2D eigenvalue weighted by Crippen LogP contribution is -2.58. The lowest BCUT2D eigenvalue weighted by Gasteiger charge is -2.44. The molecule has 0 aromatic heterocycles. The van der Waals surface area contributed by atoms with Crippen LogP contribution in [0.3, 0.4) is 0 Å². The van der Waals surface area contributed by atoms with Crippen molar-refractivity contribution in [2.24, 2.45) is 0 Å². The van der Waals surface area contributed by atoms with Crippen molar-refractivity contribution >= 4 is 47.1 Å². The van der Waals surface area contributed by atoms with E-state index in [4.69, 9.17) is 28.4 Å². The SMILES string of the molecule is CC(=O)Oc1c2c(c(OC(C)=O)c3c1C(=O)c1cccc(O)c1C3=O)[C@@H](O[C@H]1CC(NC(=O)C(F)(F)F)[C@H](OC(C)=O)[C@H](C)O1)C[C@](OC(C)=O)(C(C)=O)C2. The number of carbonyl (C=O) groups excluding carboxylic acids is 8. The summed E-state index contributed by atoms with van der Waals surface area (Å²) in [7, 11) is 0. The number of fused-ring (bicyclic) bond motifs is 3. The third-order valence-electron chi connectivity index (χ3n) is 9.15. The molecule has 5 rings (SSSR count). The Labute approximate surface area is 309 Å². The van der Waals surface area contributed by atoms with Crippen molar-refractivity contribution in [1.29, 1.82) is 0 Å². The van der Waals surface area contributed by atoms with Gasteiger partial charge in [0.2, 0.25) is 5.78 Å². The normalized spacial score (nSPS) is 24.3. The molecule has 2 aromatic rings. The van der Waals surface area contributed by atoms with Crippen molar-refractivity contribution in [2.45, 2.75) is 103 Å². The average molecular weight is 778 g/mol. The Hall–Kier alpha value is -5.69. The summed E-state index contributed by atoms with van der Waals surface area (Å²) in [5.74, 6) is -11.0. The van der Waals surface area contributed by atoms with Gasteiger partial charge in [-0.2, -0.15) is 13.2 Å². The summed E-state index contributed by atoms with van der Waals surface area (Å²) in [6, 6.07) is 2.02. The number of carbonyl (C=O) groups is 8. The van der Waals surface area contributed by atoms with Gasteiger partial charge < -0.3 is 38.8 Å². The Bertz CT molecular complexity index is 2040. The van der Waals surface area contributed by atoms with Crippen LogP contribution in [0.4, 0.5) is 13.2 Å². The maximum absolute atomic E-state index is 14.3. The highest BCUT2D eigenvalue weighted by Crippen LogP contribution is 2.54. The second-order valence-electron chi connectivity index (χ2n) is 13.2. The first kappa shape index (κ1) is 40.5. The molecule has 19 heteroatoms. The van der Waals surface area contributed by atoms with Crippen LogP contribution in [0.15, 0.2) is 18.2 Å². The fourth-order valence-electron chi connectivity index (χ4n) is 7.10. The number of rotatable bonds is 8. The van der Waals surface area contributed by atoms with E-state index in [0.717, 1.165) is 40.7 Å². The van der Waals surface area contributed by atoms with Crippen LogP contribution in [0.2, 0.25) is 0 Å². The molecular weight excluding hydrogens is 743 g/mol. The highest BCUT2D eigenvalue weighted by molar-refractivity contribution is 6.31. The molecule has 1 aliphatic heterocycles. The monoisotopic (exact) mass is 777 g/mol. The van der Waals surface area contributed by atoms with E-state index in [1.165, 1.54) is 19.1 Å². The number of hydrogen-bond donors (Lipinski definition) is 2. The van der Waals surface area contributed by atoms with Crippen LogP contribution in [0.1, 0.15) is 103 Å². The molecule has 2 N–H and O–H groups in total. The molecule has 1 unspecified atom stereocenters. The van der Waals surface area contributed by atoms with Gasteiger partial charge in [-0.3, -0.25) is 38.4 Å². The third kappa shape index (κ3) is 7.79. The van der Waals surface area contributed by atoms with Gasteiger partial charge in [-0.15, -0.1) is 0 Å². The summed E-state index contributed by atoms with van der Waals surface area (Å²) < 4.78 is 74.2. The number of alkyl halides is 3. The first-order chi connectivity index (χ1) is 25.6. The number of esters is 4. The number of hydrogen-bond acceptors (Lipinski definition) is 15. The molecule has 1 amide bonds. The standard InChI is InChI=1S/C36H34F3NO15/c1-13-31(51-15(3)42)21(40-34(49)36(37,38)39)10-24(50-13)54-23-12-35(14(2)41,55-18(6)45)11-20-26(23)33(53-17(5)44)28-27(32(20)52-16(4)43)29(47)19-8-7-9-22(46)25(19)30(28)48/h7-9,13,21,23-24,31,46H,10-12H2,1-6H3,(H,40,49)/t13-,21?,23-,24-,31+,35-/m0/s1. The molecule has 0 radical (unpaired) electrons. The van der Waals surface area contributed by atoms with Gasteiger partial charge in [0.05, 0.1) is 34.9 Å². The number of benzene rings is 2. The molecule has 0 bridgehead atoms. The number of amides is 1. The van der Waals surface area contributed by atoms with E-state index in [9.17, 15) is 56.6 Å². The Morgan fingerprint density at radius 3 is 2.05 bits per heavy atom. The van der Waals surface area contributed by atoms with Crippen molar-refractivity contribution in [2.75, 3.05) is 0 Å². The fraction of sp³-hybridized carbons (Fsp3) is 0.444. The van der Waals surface area contributed by atoms with Crippen LogP contribution >= 0.6 is 0 Å². The smallest absolute Gasteiger partial charge is 0.471 e. The molecule has 3 aliphatic rings. The Morgan fingerprint density at radius 2 is 1.49 bits per heavy atom. The summed E-state index contributed by atoms with van der Waals surface area (Å²) >= 11 is 0. The van der Waals surface area contributed by atoms with Crippen LogP contribution in [0.25, 0.3) is 0 Å². The van der Waals surface area contributed by atoms with Crippen molar-refractivity contribution < 1.29 is 85.1 Å². The van der Waals surface area contributed by atoms with Crippen LogP contribution in [-0.4, -0.2) is 88.6 Å². The summed E-state index contributed by atoms with van der Waals surface area (Å²) in [6.07, 6.45) is -13.3. The molecule has 1 fully saturated rings. The lowest BCUT2D eigenvalue weighted by atomic mass is 9.71. The highest BCUT2D eigenvalue weighted by atomic mass is 19.4. The van der Waals surface area contributed by atoms with Gasteiger partial charge in [-0.05, 0) is 19.9 Å².